The second kappa shape index (κ2) is 4.73. The van der Waals surface area contributed by atoms with Crippen LogP contribution in [0, 0.1) is 6.92 Å². The quantitative estimate of drug-likeness (QED) is 0.904. The summed E-state index contributed by atoms with van der Waals surface area (Å²) in [4.78, 5) is 15.2. The maximum atomic E-state index is 10.8. The third-order valence-corrected chi connectivity index (χ3v) is 3.07. The van der Waals surface area contributed by atoms with Crippen molar-refractivity contribution in [3.63, 3.8) is 0 Å². The summed E-state index contributed by atoms with van der Waals surface area (Å²) in [7, 11) is 1.60. The van der Waals surface area contributed by atoms with E-state index in [1.54, 1.807) is 13.1 Å². The summed E-state index contributed by atoms with van der Waals surface area (Å²) in [5.74, 6) is 0.164. The minimum atomic E-state index is -0.921. The molecule has 2 aromatic heterocycles. The third-order valence-electron chi connectivity index (χ3n) is 2.24. The molecule has 2 rings (SSSR count). The molecule has 0 aliphatic rings. The van der Waals surface area contributed by atoms with E-state index in [0.717, 1.165) is 10.2 Å². The minimum absolute atomic E-state index is 0.164. The summed E-state index contributed by atoms with van der Waals surface area (Å²) in [6.45, 7) is 1.85. The van der Waals surface area contributed by atoms with Gasteiger partial charge in [-0.05, 0) is 35.0 Å². The van der Waals surface area contributed by atoms with Crippen LogP contribution in [0.1, 0.15) is 5.69 Å². The standard InChI is InChI=1S/C10H10BrN5O2/c1-5-6(11)3-4-7(13-5)8-9(18-10(12)17)16(2)15-14-8/h3-4H,1-2H3,(H2,12,17). The van der Waals surface area contributed by atoms with Crippen molar-refractivity contribution in [1.29, 1.82) is 0 Å². The van der Waals surface area contributed by atoms with Gasteiger partial charge in [-0.1, -0.05) is 5.21 Å². The van der Waals surface area contributed by atoms with Crippen molar-refractivity contribution in [2.24, 2.45) is 12.8 Å². The van der Waals surface area contributed by atoms with Crippen molar-refractivity contribution < 1.29 is 9.53 Å². The number of carbonyl (C=O) groups is 1. The largest absolute Gasteiger partial charge is 0.411 e. The Morgan fingerprint density at radius 2 is 2.22 bits per heavy atom. The van der Waals surface area contributed by atoms with Crippen LogP contribution in [0.5, 0.6) is 5.88 Å². The molecule has 2 aromatic rings. The van der Waals surface area contributed by atoms with E-state index in [4.69, 9.17) is 10.5 Å². The molecule has 7 nitrogen and oxygen atoms in total. The van der Waals surface area contributed by atoms with Gasteiger partial charge in [-0.15, -0.1) is 5.10 Å². The molecule has 0 fully saturated rings. The van der Waals surface area contributed by atoms with E-state index in [2.05, 4.69) is 31.2 Å². The molecular weight excluding hydrogens is 302 g/mol. The van der Waals surface area contributed by atoms with Crippen molar-refractivity contribution in [2.45, 2.75) is 6.92 Å². The summed E-state index contributed by atoms with van der Waals surface area (Å²) in [5, 5.41) is 7.69. The number of hydrogen-bond acceptors (Lipinski definition) is 5. The summed E-state index contributed by atoms with van der Waals surface area (Å²) in [5.41, 5.74) is 6.71. The van der Waals surface area contributed by atoms with E-state index in [9.17, 15) is 4.79 Å². The summed E-state index contributed by atoms with van der Waals surface area (Å²) < 4.78 is 7.07. The molecule has 94 valence electrons. The normalized spacial score (nSPS) is 10.4. The number of aromatic nitrogens is 4. The molecule has 0 radical (unpaired) electrons. The first-order valence-electron chi connectivity index (χ1n) is 4.99. The molecule has 8 heteroatoms. The summed E-state index contributed by atoms with van der Waals surface area (Å²) in [6, 6.07) is 3.58. The molecule has 0 atom stereocenters. The average Bonchev–Trinajstić information content (AvgIpc) is 2.64. The zero-order chi connectivity index (χ0) is 13.3. The molecule has 1 amide bonds. The van der Waals surface area contributed by atoms with E-state index in [0.29, 0.717) is 11.4 Å². The van der Waals surface area contributed by atoms with Gasteiger partial charge in [0.15, 0.2) is 5.69 Å². The van der Waals surface area contributed by atoms with Crippen LogP contribution in [0.25, 0.3) is 11.4 Å². The highest BCUT2D eigenvalue weighted by atomic mass is 79.9. The van der Waals surface area contributed by atoms with Gasteiger partial charge in [-0.25, -0.2) is 9.48 Å². The smallest absolute Gasteiger partial charge is 0.389 e. The van der Waals surface area contributed by atoms with E-state index in [1.807, 2.05) is 13.0 Å². The van der Waals surface area contributed by atoms with Gasteiger partial charge in [-0.2, -0.15) is 0 Å². The van der Waals surface area contributed by atoms with Gasteiger partial charge in [0.2, 0.25) is 0 Å². The van der Waals surface area contributed by atoms with Gasteiger partial charge in [0.25, 0.3) is 5.88 Å². The van der Waals surface area contributed by atoms with Crippen molar-refractivity contribution in [1.82, 2.24) is 20.0 Å². The lowest BCUT2D eigenvalue weighted by Crippen LogP contribution is -2.18. The molecule has 0 spiro atoms. The zero-order valence-corrected chi connectivity index (χ0v) is 11.3. The van der Waals surface area contributed by atoms with E-state index in [-0.39, 0.29) is 5.88 Å². The first-order chi connectivity index (χ1) is 8.49. The predicted molar refractivity (Wildman–Crippen MR) is 66.9 cm³/mol. The van der Waals surface area contributed by atoms with Gasteiger partial charge in [0.1, 0.15) is 0 Å². The first kappa shape index (κ1) is 12.5. The van der Waals surface area contributed by atoms with E-state index in [1.165, 1.54) is 4.68 Å². The average molecular weight is 312 g/mol. The molecule has 0 aromatic carbocycles. The molecule has 0 saturated carbocycles. The first-order valence-corrected chi connectivity index (χ1v) is 5.79. The highest BCUT2D eigenvalue weighted by molar-refractivity contribution is 9.10. The van der Waals surface area contributed by atoms with Crippen LogP contribution in [0.4, 0.5) is 4.79 Å². The number of carbonyl (C=O) groups excluding carboxylic acids is 1. The Kier molecular flexibility index (Phi) is 3.28. The number of rotatable bonds is 2. The summed E-state index contributed by atoms with van der Waals surface area (Å²) in [6.07, 6.45) is -0.921. The molecular formula is C10H10BrN5O2. The molecule has 2 heterocycles. The summed E-state index contributed by atoms with van der Waals surface area (Å²) >= 11 is 3.36. The Labute approximate surface area is 111 Å². The Morgan fingerprint density at radius 3 is 2.83 bits per heavy atom. The number of halogens is 1. The molecule has 0 saturated heterocycles. The SMILES string of the molecule is Cc1nc(-c2nnn(C)c2OC(N)=O)ccc1Br. The van der Waals surface area contributed by atoms with Crippen LogP contribution in [0.2, 0.25) is 0 Å². The third kappa shape index (κ3) is 2.33. The highest BCUT2D eigenvalue weighted by Gasteiger charge is 2.18. The number of primary amides is 1. The molecule has 0 aliphatic carbocycles. The Morgan fingerprint density at radius 1 is 1.50 bits per heavy atom. The topological polar surface area (TPSA) is 95.9 Å². The molecule has 18 heavy (non-hydrogen) atoms. The maximum absolute atomic E-state index is 10.8. The molecule has 0 aliphatic heterocycles. The predicted octanol–water partition coefficient (Wildman–Crippen LogP) is 1.41. The monoisotopic (exact) mass is 311 g/mol. The van der Waals surface area contributed by atoms with Gasteiger partial charge < -0.3 is 10.5 Å². The lowest BCUT2D eigenvalue weighted by Gasteiger charge is -2.04. The van der Waals surface area contributed by atoms with Crippen molar-refractivity contribution in [3.05, 3.63) is 22.3 Å². The zero-order valence-electron chi connectivity index (χ0n) is 9.72. The van der Waals surface area contributed by atoms with Crippen LogP contribution in [0.3, 0.4) is 0 Å². The lowest BCUT2D eigenvalue weighted by atomic mass is 10.2. The number of hydrogen-bond donors (Lipinski definition) is 1. The van der Waals surface area contributed by atoms with Crippen molar-refractivity contribution >= 4 is 22.0 Å². The number of nitrogens with zero attached hydrogens (tertiary/aromatic N) is 4. The van der Waals surface area contributed by atoms with E-state index < -0.39 is 6.09 Å². The minimum Gasteiger partial charge on any atom is -0.389 e. The second-order valence-corrected chi connectivity index (χ2v) is 4.41. The Hall–Kier alpha value is -1.96. The van der Waals surface area contributed by atoms with Gasteiger partial charge >= 0.3 is 6.09 Å². The maximum Gasteiger partial charge on any atom is 0.411 e. The molecule has 0 unspecified atom stereocenters. The fraction of sp³-hybridized carbons (Fsp3) is 0.200. The molecule has 2 N–H and O–H groups in total. The number of nitrogens with two attached hydrogens (primary N) is 1. The van der Waals surface area contributed by atoms with Gasteiger partial charge in [-0.3, -0.25) is 4.98 Å². The van der Waals surface area contributed by atoms with Crippen LogP contribution in [-0.2, 0) is 7.05 Å². The Bertz CT molecular complexity index is 610. The van der Waals surface area contributed by atoms with Gasteiger partial charge in [0.05, 0.1) is 11.4 Å². The van der Waals surface area contributed by atoms with Crippen LogP contribution in [-0.4, -0.2) is 26.1 Å². The van der Waals surface area contributed by atoms with Gasteiger partial charge in [0, 0.05) is 11.5 Å². The molecule has 0 bridgehead atoms. The number of ether oxygens (including phenoxy) is 1. The fourth-order valence-corrected chi connectivity index (χ4v) is 1.62. The highest BCUT2D eigenvalue weighted by Crippen LogP contribution is 2.27. The Balaban J connectivity index is 2.50. The second-order valence-electron chi connectivity index (χ2n) is 3.55. The van der Waals surface area contributed by atoms with Crippen molar-refractivity contribution in [3.8, 4) is 17.3 Å². The van der Waals surface area contributed by atoms with Crippen LogP contribution in [0.15, 0.2) is 16.6 Å². The number of aryl methyl sites for hydroxylation is 2. The van der Waals surface area contributed by atoms with Crippen molar-refractivity contribution in [2.75, 3.05) is 0 Å². The number of pyridine rings is 1. The number of amides is 1. The fourth-order valence-electron chi connectivity index (χ4n) is 1.39. The van der Waals surface area contributed by atoms with Crippen LogP contribution < -0.4 is 10.5 Å². The van der Waals surface area contributed by atoms with Crippen LogP contribution >= 0.6 is 15.9 Å². The van der Waals surface area contributed by atoms with E-state index >= 15 is 0 Å². The lowest BCUT2D eigenvalue weighted by molar-refractivity contribution is 0.207.